The molecule has 1 heterocycles. The summed E-state index contributed by atoms with van der Waals surface area (Å²) in [6.07, 6.45) is 0. The van der Waals surface area contributed by atoms with Crippen LogP contribution < -0.4 is 15.8 Å². The van der Waals surface area contributed by atoms with Crippen LogP contribution in [-0.2, 0) is 4.74 Å². The predicted molar refractivity (Wildman–Crippen MR) is 142 cm³/mol. The molecule has 1 aromatic carbocycles. The number of quaternary nitrogens is 1. The Hall–Kier alpha value is -2.78. The van der Waals surface area contributed by atoms with Crippen molar-refractivity contribution in [2.24, 2.45) is 0 Å². The number of nitriles is 2. The molecular weight excluding hydrogens is 444 g/mol. The van der Waals surface area contributed by atoms with Gasteiger partial charge in [-0.05, 0) is 70.9 Å². The van der Waals surface area contributed by atoms with Crippen LogP contribution in [0.2, 0.25) is 0 Å². The molecule has 34 heavy (non-hydrogen) atoms. The molecule has 8 heteroatoms. The predicted octanol–water partition coefficient (Wildman–Crippen LogP) is 5.27. The monoisotopic (exact) mass is 483 g/mol. The fourth-order valence-corrected chi connectivity index (χ4v) is 5.01. The van der Waals surface area contributed by atoms with E-state index in [4.69, 9.17) is 4.74 Å². The van der Waals surface area contributed by atoms with Gasteiger partial charge >= 0.3 is 0 Å². The Bertz CT molecular complexity index is 1010. The van der Waals surface area contributed by atoms with Crippen LogP contribution in [0.3, 0.4) is 0 Å². The van der Waals surface area contributed by atoms with Gasteiger partial charge in [0.15, 0.2) is 0 Å². The number of ether oxygens (including phenoxy) is 1. The van der Waals surface area contributed by atoms with Crippen LogP contribution in [0.15, 0.2) is 18.2 Å². The van der Waals surface area contributed by atoms with E-state index >= 15 is 0 Å². The molecule has 2 rings (SSSR count). The molecule has 2 aromatic rings. The van der Waals surface area contributed by atoms with Crippen molar-refractivity contribution < 1.29 is 9.22 Å². The van der Waals surface area contributed by atoms with Crippen LogP contribution in [0.4, 0.5) is 16.4 Å². The lowest BCUT2D eigenvalue weighted by molar-refractivity contribution is -0.923. The highest BCUT2D eigenvalue weighted by Gasteiger charge is 2.20. The zero-order chi connectivity index (χ0) is 25.1. The van der Waals surface area contributed by atoms with E-state index < -0.39 is 0 Å². The topological polar surface area (TPSA) is 84.1 Å². The molecule has 0 saturated heterocycles. The number of rotatable bonds is 14. The van der Waals surface area contributed by atoms with Gasteiger partial charge in [0.25, 0.3) is 0 Å². The third-order valence-corrected chi connectivity index (χ3v) is 7.97. The normalized spacial score (nSPS) is 11.1. The summed E-state index contributed by atoms with van der Waals surface area (Å²) >= 11 is 1.29. The van der Waals surface area contributed by atoms with Gasteiger partial charge in [-0.15, -0.1) is 11.3 Å². The average molecular weight is 484 g/mol. The molecule has 1 aromatic heterocycles. The van der Waals surface area contributed by atoms with Crippen molar-refractivity contribution in [1.29, 1.82) is 10.5 Å². The molecule has 0 unspecified atom stereocenters. The molecule has 7 nitrogen and oxygen atoms in total. The lowest BCUT2D eigenvalue weighted by Crippen LogP contribution is -2.49. The number of hydrazine groups is 1. The minimum absolute atomic E-state index is 0.508. The summed E-state index contributed by atoms with van der Waals surface area (Å²) in [7, 11) is 0. The van der Waals surface area contributed by atoms with Crippen LogP contribution >= 0.6 is 11.3 Å². The van der Waals surface area contributed by atoms with Gasteiger partial charge in [0.2, 0.25) is 0 Å². The number of benzene rings is 1. The molecule has 0 saturated carbocycles. The molecule has 2 N–H and O–H groups in total. The Kier molecular flexibility index (Phi) is 10.7. The minimum Gasteiger partial charge on any atom is -0.374 e. The van der Waals surface area contributed by atoms with Crippen molar-refractivity contribution in [1.82, 2.24) is 0 Å². The Morgan fingerprint density at radius 2 is 1.71 bits per heavy atom. The fourth-order valence-electron chi connectivity index (χ4n) is 4.10. The number of likely N-dealkylation sites (N-methyl/N-ethyl adjacent to an activating group) is 2. The van der Waals surface area contributed by atoms with Crippen molar-refractivity contribution in [3.63, 3.8) is 0 Å². The fraction of sp³-hybridized carbons (Fsp3) is 0.538. The highest BCUT2D eigenvalue weighted by molar-refractivity contribution is 7.17. The van der Waals surface area contributed by atoms with Crippen molar-refractivity contribution in [3.8, 4) is 12.1 Å². The third kappa shape index (κ3) is 6.64. The summed E-state index contributed by atoms with van der Waals surface area (Å²) in [5.74, 6) is 0. The van der Waals surface area contributed by atoms with E-state index in [1.807, 2.05) is 6.07 Å². The SMILES string of the molecule is CCN(CCOCC[N+](CC)(CC)CC)c1ccc(NNc2sc(C#N)c(C)c2C#N)c(C)c1. The molecule has 0 aliphatic carbocycles. The summed E-state index contributed by atoms with van der Waals surface area (Å²) in [5, 5.41) is 19.3. The number of hydrogen-bond donors (Lipinski definition) is 2. The van der Waals surface area contributed by atoms with Gasteiger partial charge in [-0.3, -0.25) is 10.9 Å². The van der Waals surface area contributed by atoms with Crippen LogP contribution in [0.5, 0.6) is 0 Å². The van der Waals surface area contributed by atoms with E-state index in [1.165, 1.54) is 11.3 Å². The molecule has 0 aliphatic heterocycles. The van der Waals surface area contributed by atoms with Crippen molar-refractivity contribution in [3.05, 3.63) is 39.8 Å². The first-order valence-corrected chi connectivity index (χ1v) is 12.9. The standard InChI is InChI=1S/C26H39N6OS/c1-7-31(13-15-33-16-14-32(8-2,9-3)10-4)22-11-12-24(20(5)17-22)29-30-26-23(18-27)21(6)25(19-28)34-26/h11-12,17,29-30H,7-10,13-16H2,1-6H3/q+1. The largest absolute Gasteiger partial charge is 0.374 e. The van der Waals surface area contributed by atoms with E-state index in [-0.39, 0.29) is 0 Å². The average Bonchev–Trinajstić information content (AvgIpc) is 3.17. The summed E-state index contributed by atoms with van der Waals surface area (Å²) < 4.78 is 7.11. The summed E-state index contributed by atoms with van der Waals surface area (Å²) in [5.41, 5.74) is 10.7. The zero-order valence-corrected chi connectivity index (χ0v) is 22.3. The van der Waals surface area contributed by atoms with E-state index in [2.05, 4.69) is 74.6 Å². The number of hydrogen-bond acceptors (Lipinski definition) is 7. The highest BCUT2D eigenvalue weighted by atomic mass is 32.1. The quantitative estimate of drug-likeness (QED) is 0.216. The molecular formula is C26H39N6OS+. The van der Waals surface area contributed by atoms with Gasteiger partial charge in [0.1, 0.15) is 28.6 Å². The maximum atomic E-state index is 9.43. The first kappa shape index (κ1) is 27.5. The molecule has 0 bridgehead atoms. The maximum Gasteiger partial charge on any atom is 0.127 e. The van der Waals surface area contributed by atoms with Crippen LogP contribution in [0.1, 0.15) is 49.3 Å². The van der Waals surface area contributed by atoms with E-state index in [9.17, 15) is 10.5 Å². The van der Waals surface area contributed by atoms with Gasteiger partial charge in [0.05, 0.1) is 44.1 Å². The zero-order valence-electron chi connectivity index (χ0n) is 21.5. The number of thiophene rings is 1. The molecule has 0 fully saturated rings. The smallest absolute Gasteiger partial charge is 0.127 e. The lowest BCUT2D eigenvalue weighted by atomic mass is 10.1. The highest BCUT2D eigenvalue weighted by Crippen LogP contribution is 2.32. The van der Waals surface area contributed by atoms with Gasteiger partial charge in [-0.2, -0.15) is 10.5 Å². The first-order chi connectivity index (χ1) is 16.4. The molecule has 0 aliphatic rings. The Balaban J connectivity index is 1.94. The van der Waals surface area contributed by atoms with E-state index in [0.29, 0.717) is 22.0 Å². The van der Waals surface area contributed by atoms with Gasteiger partial charge in [-0.1, -0.05) is 0 Å². The summed E-state index contributed by atoms with van der Waals surface area (Å²) in [4.78, 5) is 2.87. The second kappa shape index (κ2) is 13.2. The van der Waals surface area contributed by atoms with Gasteiger partial charge in [0, 0.05) is 18.8 Å². The minimum atomic E-state index is 0.508. The van der Waals surface area contributed by atoms with Crippen LogP contribution in [-0.4, -0.2) is 57.0 Å². The molecule has 0 radical (unpaired) electrons. The first-order valence-electron chi connectivity index (χ1n) is 12.1. The maximum absolute atomic E-state index is 9.43. The summed E-state index contributed by atoms with van der Waals surface area (Å²) in [6, 6.07) is 10.6. The van der Waals surface area contributed by atoms with Crippen LogP contribution in [0, 0.1) is 36.5 Å². The van der Waals surface area contributed by atoms with Crippen LogP contribution in [0.25, 0.3) is 0 Å². The van der Waals surface area contributed by atoms with Gasteiger partial charge < -0.3 is 14.1 Å². The van der Waals surface area contributed by atoms with Crippen molar-refractivity contribution in [2.75, 3.05) is 68.2 Å². The van der Waals surface area contributed by atoms with E-state index in [0.717, 1.165) is 72.9 Å². The van der Waals surface area contributed by atoms with Crippen molar-refractivity contribution in [2.45, 2.75) is 41.5 Å². The lowest BCUT2D eigenvalue weighted by Gasteiger charge is -2.35. The number of aryl methyl sites for hydroxylation is 1. The van der Waals surface area contributed by atoms with Gasteiger partial charge in [-0.25, -0.2) is 0 Å². The number of nitrogens with zero attached hydrogens (tertiary/aromatic N) is 4. The second-order valence-electron chi connectivity index (χ2n) is 8.44. The Morgan fingerprint density at radius 1 is 1.00 bits per heavy atom. The Labute approximate surface area is 209 Å². The van der Waals surface area contributed by atoms with E-state index in [1.54, 1.807) is 6.92 Å². The molecule has 0 spiro atoms. The Morgan fingerprint density at radius 3 is 2.26 bits per heavy atom. The molecule has 0 amide bonds. The summed E-state index contributed by atoms with van der Waals surface area (Å²) in [6.45, 7) is 20.6. The van der Waals surface area contributed by atoms with Crippen molar-refractivity contribution >= 4 is 27.7 Å². The number of anilines is 3. The third-order valence-electron chi connectivity index (χ3n) is 6.86. The number of nitrogens with one attached hydrogen (secondary N) is 2. The molecule has 0 atom stereocenters. The second-order valence-corrected chi connectivity index (χ2v) is 9.46. The molecule has 184 valence electrons.